The first kappa shape index (κ1) is 20.3. The molecule has 0 saturated heterocycles. The van der Waals surface area contributed by atoms with E-state index < -0.39 is 5.91 Å². The highest BCUT2D eigenvalue weighted by Crippen LogP contribution is 2.25. The van der Waals surface area contributed by atoms with Crippen molar-refractivity contribution in [2.75, 3.05) is 19.0 Å². The number of aromatic nitrogens is 3. The minimum Gasteiger partial charge on any atom is -0.497 e. The van der Waals surface area contributed by atoms with Crippen molar-refractivity contribution in [3.63, 3.8) is 0 Å². The molecule has 9 heteroatoms. The van der Waals surface area contributed by atoms with Gasteiger partial charge < -0.3 is 15.4 Å². The van der Waals surface area contributed by atoms with Gasteiger partial charge in [0.25, 0.3) is 5.91 Å². The zero-order valence-corrected chi connectivity index (χ0v) is 17.4. The van der Waals surface area contributed by atoms with E-state index in [2.05, 4.69) is 20.7 Å². The average molecular weight is 433 g/mol. The van der Waals surface area contributed by atoms with Gasteiger partial charge in [0.1, 0.15) is 16.5 Å². The van der Waals surface area contributed by atoms with Crippen molar-refractivity contribution in [3.05, 3.63) is 78.1 Å². The van der Waals surface area contributed by atoms with Crippen LogP contribution >= 0.6 is 11.3 Å². The lowest BCUT2D eigenvalue weighted by molar-refractivity contribution is -0.115. The number of methoxy groups -OCH3 is 1. The molecule has 31 heavy (non-hydrogen) atoms. The summed E-state index contributed by atoms with van der Waals surface area (Å²) in [6.45, 7) is -0.158. The van der Waals surface area contributed by atoms with Gasteiger partial charge >= 0.3 is 0 Å². The lowest BCUT2D eigenvalue weighted by Gasteiger charge is -2.07. The lowest BCUT2D eigenvalue weighted by Crippen LogP contribution is -2.33. The molecule has 0 aliphatic carbocycles. The number of hydrogen-bond donors (Lipinski definition) is 2. The number of carbonyl (C=O) groups excluding carboxylic acids is 2. The molecule has 0 fully saturated rings. The van der Waals surface area contributed by atoms with Gasteiger partial charge in [0, 0.05) is 29.0 Å². The topological polar surface area (TPSA) is 98.1 Å². The van der Waals surface area contributed by atoms with E-state index in [-0.39, 0.29) is 18.1 Å². The van der Waals surface area contributed by atoms with Crippen molar-refractivity contribution in [2.24, 2.45) is 0 Å². The number of carbonyl (C=O) groups is 2. The summed E-state index contributed by atoms with van der Waals surface area (Å²) < 4.78 is 6.87. The number of thiazole rings is 1. The lowest BCUT2D eigenvalue weighted by atomic mass is 10.2. The Morgan fingerprint density at radius 1 is 1.10 bits per heavy atom. The highest BCUT2D eigenvalue weighted by atomic mass is 32.1. The summed E-state index contributed by atoms with van der Waals surface area (Å²) in [6.07, 6.45) is 3.53. The standard InChI is InChI=1S/C22H19N5O3S/c1-30-18-9-3-15(4-10-18)22-26-19(14-31-22)21(29)23-13-20(28)25-16-5-7-17(8-6-16)27-12-2-11-24-27/h2-12,14H,13H2,1H3,(H,23,29)(H,25,28). The number of nitrogens with one attached hydrogen (secondary N) is 2. The fraction of sp³-hybridized carbons (Fsp3) is 0.0909. The molecule has 156 valence electrons. The molecule has 0 aliphatic heterocycles. The summed E-state index contributed by atoms with van der Waals surface area (Å²) in [5.74, 6) is 0.0197. The molecular formula is C22H19N5O3S. The molecule has 2 amide bonds. The molecule has 8 nitrogen and oxygen atoms in total. The molecule has 0 unspecified atom stereocenters. The van der Waals surface area contributed by atoms with Crippen LogP contribution in [0.3, 0.4) is 0 Å². The maximum atomic E-state index is 12.3. The van der Waals surface area contributed by atoms with Gasteiger partial charge in [-0.25, -0.2) is 9.67 Å². The Balaban J connectivity index is 1.30. The molecule has 2 N–H and O–H groups in total. The number of nitrogens with zero attached hydrogens (tertiary/aromatic N) is 3. The highest BCUT2D eigenvalue weighted by Gasteiger charge is 2.13. The monoisotopic (exact) mass is 433 g/mol. The molecule has 0 spiro atoms. The molecule has 2 aromatic heterocycles. The predicted molar refractivity (Wildman–Crippen MR) is 119 cm³/mol. The summed E-state index contributed by atoms with van der Waals surface area (Å²) in [6, 6.07) is 16.5. The highest BCUT2D eigenvalue weighted by molar-refractivity contribution is 7.13. The van der Waals surface area contributed by atoms with E-state index in [0.717, 1.165) is 22.0 Å². The fourth-order valence-corrected chi connectivity index (χ4v) is 3.63. The summed E-state index contributed by atoms with van der Waals surface area (Å²) in [7, 11) is 1.60. The third kappa shape index (κ3) is 4.96. The Morgan fingerprint density at radius 2 is 1.87 bits per heavy atom. The zero-order chi connectivity index (χ0) is 21.6. The molecule has 0 bridgehead atoms. The Morgan fingerprint density at radius 3 is 2.55 bits per heavy atom. The van der Waals surface area contributed by atoms with Crippen molar-refractivity contribution in [3.8, 4) is 22.0 Å². The minimum atomic E-state index is -0.403. The SMILES string of the molecule is COc1ccc(-c2nc(C(=O)NCC(=O)Nc3ccc(-n4cccn4)cc3)cs2)cc1. The van der Waals surface area contributed by atoms with Gasteiger partial charge in [0.05, 0.1) is 19.3 Å². The van der Waals surface area contributed by atoms with E-state index in [1.165, 1.54) is 11.3 Å². The van der Waals surface area contributed by atoms with Crippen LogP contribution in [0.25, 0.3) is 16.3 Å². The Kier molecular flexibility index (Phi) is 6.04. The number of rotatable bonds is 7. The van der Waals surface area contributed by atoms with Gasteiger partial charge in [-0.3, -0.25) is 9.59 Å². The van der Waals surface area contributed by atoms with E-state index in [0.29, 0.717) is 5.69 Å². The Labute approximate surface area is 182 Å². The van der Waals surface area contributed by atoms with Crippen LogP contribution in [-0.2, 0) is 4.79 Å². The van der Waals surface area contributed by atoms with Crippen LogP contribution in [0.15, 0.2) is 72.4 Å². The van der Waals surface area contributed by atoms with Crippen molar-refractivity contribution >= 4 is 28.8 Å². The van der Waals surface area contributed by atoms with E-state index in [1.54, 1.807) is 35.5 Å². The molecule has 2 aromatic carbocycles. The number of ether oxygens (including phenoxy) is 1. The number of benzene rings is 2. The maximum absolute atomic E-state index is 12.3. The summed E-state index contributed by atoms with van der Waals surface area (Å²) in [5, 5.41) is 11.9. The van der Waals surface area contributed by atoms with Crippen LogP contribution in [0.4, 0.5) is 5.69 Å². The molecule has 4 rings (SSSR count). The van der Waals surface area contributed by atoms with Gasteiger partial charge in [-0.05, 0) is 54.6 Å². The van der Waals surface area contributed by atoms with Gasteiger partial charge in [-0.15, -0.1) is 11.3 Å². The van der Waals surface area contributed by atoms with E-state index >= 15 is 0 Å². The molecule has 0 saturated carbocycles. The third-order valence-electron chi connectivity index (χ3n) is 4.40. The summed E-state index contributed by atoms with van der Waals surface area (Å²) in [4.78, 5) is 28.9. The van der Waals surface area contributed by atoms with Crippen LogP contribution in [0.2, 0.25) is 0 Å². The zero-order valence-electron chi connectivity index (χ0n) is 16.6. The maximum Gasteiger partial charge on any atom is 0.271 e. The first-order valence-electron chi connectivity index (χ1n) is 9.40. The molecule has 2 heterocycles. The van der Waals surface area contributed by atoms with Crippen molar-refractivity contribution in [1.29, 1.82) is 0 Å². The first-order chi connectivity index (χ1) is 15.1. The van der Waals surface area contributed by atoms with Crippen LogP contribution in [0, 0.1) is 0 Å². The normalized spacial score (nSPS) is 10.5. The quantitative estimate of drug-likeness (QED) is 0.466. The Bertz CT molecular complexity index is 1170. The molecule has 0 radical (unpaired) electrons. The van der Waals surface area contributed by atoms with Crippen LogP contribution < -0.4 is 15.4 Å². The van der Waals surface area contributed by atoms with Gasteiger partial charge in [0.15, 0.2) is 0 Å². The molecule has 4 aromatic rings. The molecular weight excluding hydrogens is 414 g/mol. The largest absolute Gasteiger partial charge is 0.497 e. The van der Waals surface area contributed by atoms with Crippen LogP contribution in [0.5, 0.6) is 5.75 Å². The van der Waals surface area contributed by atoms with E-state index in [1.807, 2.05) is 48.7 Å². The Hall–Kier alpha value is -3.98. The van der Waals surface area contributed by atoms with Crippen molar-refractivity contribution < 1.29 is 14.3 Å². The number of hydrogen-bond acceptors (Lipinski definition) is 6. The number of anilines is 1. The van der Waals surface area contributed by atoms with Gasteiger partial charge in [0.2, 0.25) is 5.91 Å². The number of amides is 2. The fourth-order valence-electron chi connectivity index (χ4n) is 2.82. The molecule has 0 atom stereocenters. The van der Waals surface area contributed by atoms with Crippen LogP contribution in [0.1, 0.15) is 10.5 Å². The van der Waals surface area contributed by atoms with Crippen molar-refractivity contribution in [2.45, 2.75) is 0 Å². The van der Waals surface area contributed by atoms with E-state index in [4.69, 9.17) is 4.74 Å². The second-order valence-corrected chi connectivity index (χ2v) is 7.35. The van der Waals surface area contributed by atoms with Crippen LogP contribution in [-0.4, -0.2) is 40.2 Å². The second-order valence-electron chi connectivity index (χ2n) is 6.49. The summed E-state index contributed by atoms with van der Waals surface area (Å²) >= 11 is 1.36. The van der Waals surface area contributed by atoms with E-state index in [9.17, 15) is 9.59 Å². The average Bonchev–Trinajstić information content (AvgIpc) is 3.51. The molecule has 0 aliphatic rings. The smallest absolute Gasteiger partial charge is 0.271 e. The van der Waals surface area contributed by atoms with Gasteiger partial charge in [-0.2, -0.15) is 5.10 Å². The minimum absolute atomic E-state index is 0.158. The second kappa shape index (κ2) is 9.23. The third-order valence-corrected chi connectivity index (χ3v) is 5.29. The predicted octanol–water partition coefficient (Wildman–Crippen LogP) is 3.37. The first-order valence-corrected chi connectivity index (χ1v) is 10.3. The summed E-state index contributed by atoms with van der Waals surface area (Å²) in [5.41, 5.74) is 2.67. The van der Waals surface area contributed by atoms with Gasteiger partial charge in [-0.1, -0.05) is 0 Å². The van der Waals surface area contributed by atoms with Crippen molar-refractivity contribution in [1.82, 2.24) is 20.1 Å².